The van der Waals surface area contributed by atoms with Crippen LogP contribution in [0.3, 0.4) is 0 Å². The van der Waals surface area contributed by atoms with E-state index in [9.17, 15) is 4.79 Å². The molecule has 3 rings (SSSR count). The van der Waals surface area contributed by atoms with Gasteiger partial charge in [-0.05, 0) is 26.0 Å². The van der Waals surface area contributed by atoms with Crippen molar-refractivity contribution < 1.29 is 4.79 Å². The Kier molecular flexibility index (Phi) is 4.05. The maximum absolute atomic E-state index is 12.1. The van der Waals surface area contributed by atoms with E-state index in [0.29, 0.717) is 11.6 Å². The maximum atomic E-state index is 12.1. The summed E-state index contributed by atoms with van der Waals surface area (Å²) in [4.78, 5) is 28.6. The number of H-pyrrole nitrogens is 1. The van der Waals surface area contributed by atoms with Crippen LogP contribution in [0.4, 0.5) is 0 Å². The summed E-state index contributed by atoms with van der Waals surface area (Å²) in [5.41, 5.74) is 1.87. The molecule has 0 radical (unpaired) electrons. The van der Waals surface area contributed by atoms with Crippen molar-refractivity contribution in [1.29, 1.82) is 0 Å². The first kappa shape index (κ1) is 14.8. The quantitative estimate of drug-likeness (QED) is 0.755. The summed E-state index contributed by atoms with van der Waals surface area (Å²) in [6, 6.07) is 3.30. The van der Waals surface area contributed by atoms with Crippen LogP contribution in [0.2, 0.25) is 0 Å². The molecule has 8 nitrogen and oxygen atoms in total. The second kappa shape index (κ2) is 6.30. The van der Waals surface area contributed by atoms with Crippen LogP contribution < -0.4 is 5.32 Å². The van der Waals surface area contributed by atoms with Gasteiger partial charge in [0.25, 0.3) is 5.91 Å². The van der Waals surface area contributed by atoms with Crippen LogP contribution in [0.5, 0.6) is 0 Å². The molecule has 3 heterocycles. The van der Waals surface area contributed by atoms with Crippen molar-refractivity contribution in [3.8, 4) is 11.4 Å². The van der Waals surface area contributed by atoms with Gasteiger partial charge in [-0.3, -0.25) is 19.9 Å². The van der Waals surface area contributed by atoms with Crippen molar-refractivity contribution in [2.75, 3.05) is 0 Å². The Morgan fingerprint density at radius 2 is 2.00 bits per heavy atom. The Bertz CT molecular complexity index is 798. The molecule has 0 fully saturated rings. The van der Waals surface area contributed by atoms with Crippen LogP contribution in [0.15, 0.2) is 36.9 Å². The van der Waals surface area contributed by atoms with Gasteiger partial charge in [0.05, 0.1) is 17.9 Å². The maximum Gasteiger partial charge on any atom is 0.272 e. The highest BCUT2D eigenvalue weighted by molar-refractivity contribution is 5.92. The molecule has 23 heavy (non-hydrogen) atoms. The monoisotopic (exact) mass is 309 g/mol. The number of hydrogen-bond donors (Lipinski definition) is 2. The number of nitrogens with zero attached hydrogens (tertiary/aromatic N) is 5. The standard InChI is InChI=1S/C15H15N7O/c1-9-7-18-12(8-17-9)15(23)19-10(2)13-20-14(22-21-13)11-3-5-16-6-4-11/h3-8,10H,1-2H3,(H,19,23)(H,20,21,22). The number of nitrogens with one attached hydrogen (secondary N) is 2. The number of aromatic amines is 1. The van der Waals surface area contributed by atoms with Gasteiger partial charge in [0, 0.05) is 24.2 Å². The molecule has 0 saturated carbocycles. The van der Waals surface area contributed by atoms with Crippen molar-refractivity contribution >= 4 is 5.91 Å². The largest absolute Gasteiger partial charge is 0.341 e. The molecule has 0 aliphatic rings. The van der Waals surface area contributed by atoms with Gasteiger partial charge in [0.15, 0.2) is 5.82 Å². The Morgan fingerprint density at radius 3 is 2.70 bits per heavy atom. The molecular weight excluding hydrogens is 294 g/mol. The number of rotatable bonds is 4. The summed E-state index contributed by atoms with van der Waals surface area (Å²) in [6.07, 6.45) is 6.34. The molecule has 1 unspecified atom stereocenters. The lowest BCUT2D eigenvalue weighted by atomic mass is 10.2. The van der Waals surface area contributed by atoms with Crippen molar-refractivity contribution in [2.24, 2.45) is 0 Å². The highest BCUT2D eigenvalue weighted by Crippen LogP contribution is 2.15. The van der Waals surface area contributed by atoms with Gasteiger partial charge in [-0.1, -0.05) is 0 Å². The van der Waals surface area contributed by atoms with Crippen LogP contribution in [0, 0.1) is 6.92 Å². The average Bonchev–Trinajstić information content (AvgIpc) is 3.06. The molecule has 1 atom stereocenters. The molecule has 0 aliphatic carbocycles. The smallest absolute Gasteiger partial charge is 0.272 e. The van der Waals surface area contributed by atoms with Gasteiger partial charge in [0.2, 0.25) is 0 Å². The molecule has 1 amide bonds. The minimum atomic E-state index is -0.339. The number of aryl methyl sites for hydroxylation is 1. The molecule has 8 heteroatoms. The van der Waals surface area contributed by atoms with Gasteiger partial charge < -0.3 is 5.32 Å². The molecule has 116 valence electrons. The predicted octanol–water partition coefficient (Wildman–Crippen LogP) is 1.46. The molecule has 0 spiro atoms. The van der Waals surface area contributed by atoms with E-state index in [4.69, 9.17) is 0 Å². The first-order chi connectivity index (χ1) is 11.1. The van der Waals surface area contributed by atoms with Crippen LogP contribution >= 0.6 is 0 Å². The molecule has 0 saturated heterocycles. The van der Waals surface area contributed by atoms with E-state index in [1.807, 2.05) is 26.0 Å². The Morgan fingerprint density at radius 1 is 1.22 bits per heavy atom. The molecule has 0 aliphatic heterocycles. The molecule has 2 N–H and O–H groups in total. The number of amides is 1. The zero-order valence-corrected chi connectivity index (χ0v) is 12.7. The second-order valence-corrected chi connectivity index (χ2v) is 5.02. The van der Waals surface area contributed by atoms with Crippen LogP contribution in [0.25, 0.3) is 11.4 Å². The first-order valence-corrected chi connectivity index (χ1v) is 7.05. The van der Waals surface area contributed by atoms with E-state index in [1.54, 1.807) is 18.6 Å². The Balaban J connectivity index is 1.71. The zero-order valence-electron chi connectivity index (χ0n) is 12.7. The number of hydrogen-bond acceptors (Lipinski definition) is 6. The predicted molar refractivity (Wildman–Crippen MR) is 82.3 cm³/mol. The van der Waals surface area contributed by atoms with Gasteiger partial charge >= 0.3 is 0 Å². The number of carbonyl (C=O) groups is 1. The van der Waals surface area contributed by atoms with E-state index in [2.05, 4.69) is 35.5 Å². The second-order valence-electron chi connectivity index (χ2n) is 5.02. The topological polar surface area (TPSA) is 109 Å². The molecule has 3 aromatic heterocycles. The van der Waals surface area contributed by atoms with Crippen LogP contribution in [0.1, 0.15) is 35.0 Å². The minimum absolute atomic E-state index is 0.260. The summed E-state index contributed by atoms with van der Waals surface area (Å²) in [5.74, 6) is 0.802. The number of carbonyl (C=O) groups excluding carboxylic acids is 1. The van der Waals surface area contributed by atoms with Gasteiger partial charge in [-0.25, -0.2) is 9.97 Å². The lowest BCUT2D eigenvalue weighted by molar-refractivity contribution is 0.0933. The first-order valence-electron chi connectivity index (χ1n) is 7.05. The van der Waals surface area contributed by atoms with E-state index in [0.717, 1.165) is 11.3 Å². The SMILES string of the molecule is Cc1cnc(C(=O)NC(C)c2nc(-c3ccncc3)n[nH]2)cn1. The number of aromatic nitrogens is 6. The minimum Gasteiger partial charge on any atom is -0.341 e. The zero-order chi connectivity index (χ0) is 16.2. The van der Waals surface area contributed by atoms with Gasteiger partial charge in [0.1, 0.15) is 11.5 Å². The van der Waals surface area contributed by atoms with E-state index in [-0.39, 0.29) is 17.6 Å². The molecule has 0 aromatic carbocycles. The normalized spacial score (nSPS) is 11.9. The lowest BCUT2D eigenvalue weighted by Crippen LogP contribution is -2.28. The Labute approximate surface area is 132 Å². The highest BCUT2D eigenvalue weighted by Gasteiger charge is 2.16. The third-order valence-electron chi connectivity index (χ3n) is 3.21. The summed E-state index contributed by atoms with van der Waals surface area (Å²) in [6.45, 7) is 3.63. The fourth-order valence-electron chi connectivity index (χ4n) is 1.95. The fourth-order valence-corrected chi connectivity index (χ4v) is 1.95. The van der Waals surface area contributed by atoms with Gasteiger partial charge in [-0.15, -0.1) is 0 Å². The van der Waals surface area contributed by atoms with E-state index < -0.39 is 0 Å². The van der Waals surface area contributed by atoms with Crippen molar-refractivity contribution in [3.05, 3.63) is 54.1 Å². The van der Waals surface area contributed by atoms with E-state index >= 15 is 0 Å². The van der Waals surface area contributed by atoms with Crippen molar-refractivity contribution in [1.82, 2.24) is 35.5 Å². The van der Waals surface area contributed by atoms with E-state index in [1.165, 1.54) is 6.20 Å². The van der Waals surface area contributed by atoms with Crippen molar-refractivity contribution in [3.63, 3.8) is 0 Å². The number of pyridine rings is 1. The summed E-state index contributed by atoms with van der Waals surface area (Å²) in [7, 11) is 0. The molecule has 0 bridgehead atoms. The highest BCUT2D eigenvalue weighted by atomic mass is 16.1. The lowest BCUT2D eigenvalue weighted by Gasteiger charge is -2.10. The molecular formula is C15H15N7O. The van der Waals surface area contributed by atoms with Crippen molar-refractivity contribution in [2.45, 2.75) is 19.9 Å². The summed E-state index contributed by atoms with van der Waals surface area (Å²) >= 11 is 0. The van der Waals surface area contributed by atoms with Crippen LogP contribution in [-0.2, 0) is 0 Å². The summed E-state index contributed by atoms with van der Waals surface area (Å²) in [5, 5.41) is 9.80. The average molecular weight is 309 g/mol. The fraction of sp³-hybridized carbons (Fsp3) is 0.200. The Hall–Kier alpha value is -3.16. The van der Waals surface area contributed by atoms with Crippen LogP contribution in [-0.4, -0.2) is 36.0 Å². The third-order valence-corrected chi connectivity index (χ3v) is 3.21. The van der Waals surface area contributed by atoms with Gasteiger partial charge in [-0.2, -0.15) is 5.10 Å². The molecule has 3 aromatic rings. The summed E-state index contributed by atoms with van der Waals surface area (Å²) < 4.78 is 0. The third kappa shape index (κ3) is 3.37.